The van der Waals surface area contributed by atoms with Crippen molar-refractivity contribution in [3.63, 3.8) is 0 Å². The van der Waals surface area contributed by atoms with Gasteiger partial charge in [0.1, 0.15) is 0 Å². The highest BCUT2D eigenvalue weighted by molar-refractivity contribution is 7.99. The first-order valence-corrected chi connectivity index (χ1v) is 7.71. The molecule has 0 aliphatic carbocycles. The summed E-state index contributed by atoms with van der Waals surface area (Å²) in [7, 11) is 0. The Morgan fingerprint density at radius 3 is 3.00 bits per heavy atom. The highest BCUT2D eigenvalue weighted by Gasteiger charge is 2.17. The topological polar surface area (TPSA) is 59.8 Å². The van der Waals surface area contributed by atoms with Crippen LogP contribution in [0.3, 0.4) is 0 Å². The second-order valence-corrected chi connectivity index (χ2v) is 5.76. The molecule has 104 valence electrons. The average molecular weight is 288 g/mol. The van der Waals surface area contributed by atoms with Crippen molar-refractivity contribution >= 4 is 23.6 Å². The number of rotatable bonds is 4. The summed E-state index contributed by atoms with van der Waals surface area (Å²) in [5, 5.41) is 11.9. The molecule has 0 saturated heterocycles. The summed E-state index contributed by atoms with van der Waals surface area (Å²) in [6.45, 7) is 0.879. The first kappa shape index (κ1) is 13.2. The molecule has 0 spiro atoms. The Hall–Kier alpha value is -1.82. The van der Waals surface area contributed by atoms with E-state index in [1.54, 1.807) is 11.8 Å². The van der Waals surface area contributed by atoms with Crippen LogP contribution in [0.15, 0.2) is 35.5 Å². The van der Waals surface area contributed by atoms with Crippen LogP contribution in [0, 0.1) is 0 Å². The van der Waals surface area contributed by atoms with Crippen molar-refractivity contribution in [1.29, 1.82) is 0 Å². The predicted molar refractivity (Wildman–Crippen MR) is 78.8 cm³/mol. The Morgan fingerprint density at radius 1 is 1.30 bits per heavy atom. The summed E-state index contributed by atoms with van der Waals surface area (Å²) < 4.78 is 1.98. The molecule has 2 heterocycles. The minimum atomic E-state index is -0.0142. The molecule has 1 aromatic heterocycles. The van der Waals surface area contributed by atoms with E-state index in [0.29, 0.717) is 12.4 Å². The first-order valence-electron chi connectivity index (χ1n) is 6.73. The number of anilines is 1. The van der Waals surface area contributed by atoms with E-state index in [1.807, 2.05) is 34.9 Å². The minimum absolute atomic E-state index is 0.0142. The van der Waals surface area contributed by atoms with Crippen LogP contribution < -0.4 is 5.32 Å². The lowest BCUT2D eigenvalue weighted by atomic mass is 10.1. The van der Waals surface area contributed by atoms with Gasteiger partial charge >= 0.3 is 0 Å². The molecule has 0 atom stereocenters. The normalized spacial score (nSPS) is 13.8. The van der Waals surface area contributed by atoms with E-state index >= 15 is 0 Å². The lowest BCUT2D eigenvalue weighted by Gasteiger charge is -2.14. The summed E-state index contributed by atoms with van der Waals surface area (Å²) in [6.07, 6.45) is 2.28. The standard InChI is InChI=1S/C14H16N4OS/c19-12(8-7-11-5-2-1-3-6-11)15-13-16-17-14-18(13)9-4-10-20-14/h1-3,5-6H,4,7-10H2,(H,15,16,19). The van der Waals surface area contributed by atoms with Crippen LogP contribution in [0.1, 0.15) is 18.4 Å². The van der Waals surface area contributed by atoms with E-state index in [4.69, 9.17) is 0 Å². The van der Waals surface area contributed by atoms with Gasteiger partial charge in [-0.3, -0.25) is 14.7 Å². The zero-order chi connectivity index (χ0) is 13.8. The minimum Gasteiger partial charge on any atom is -0.295 e. The smallest absolute Gasteiger partial charge is 0.231 e. The molecule has 6 heteroatoms. The molecule has 1 N–H and O–H groups in total. The molecule has 2 aromatic rings. The van der Waals surface area contributed by atoms with Gasteiger partial charge in [0.15, 0.2) is 5.16 Å². The number of hydrogen-bond acceptors (Lipinski definition) is 4. The predicted octanol–water partition coefficient (Wildman–Crippen LogP) is 2.35. The van der Waals surface area contributed by atoms with Gasteiger partial charge in [-0.05, 0) is 18.4 Å². The number of aromatic nitrogens is 3. The van der Waals surface area contributed by atoms with Crippen LogP contribution in [0.5, 0.6) is 0 Å². The molecule has 20 heavy (non-hydrogen) atoms. The van der Waals surface area contributed by atoms with Gasteiger partial charge in [-0.25, -0.2) is 0 Å². The van der Waals surface area contributed by atoms with Crippen LogP contribution in [-0.4, -0.2) is 26.4 Å². The fourth-order valence-corrected chi connectivity index (χ4v) is 3.05. The molecule has 0 saturated carbocycles. The Morgan fingerprint density at radius 2 is 2.15 bits per heavy atom. The molecular weight excluding hydrogens is 272 g/mol. The monoisotopic (exact) mass is 288 g/mol. The third-order valence-electron chi connectivity index (χ3n) is 3.21. The van der Waals surface area contributed by atoms with Crippen LogP contribution in [0.25, 0.3) is 0 Å². The van der Waals surface area contributed by atoms with Crippen LogP contribution in [-0.2, 0) is 17.8 Å². The van der Waals surface area contributed by atoms with Crippen LogP contribution in [0.2, 0.25) is 0 Å². The number of carbonyl (C=O) groups excluding carboxylic acids is 1. The number of fused-ring (bicyclic) bond motifs is 1. The molecule has 0 fully saturated rings. The summed E-state index contributed by atoms with van der Waals surface area (Å²) in [6, 6.07) is 10.0. The molecule has 5 nitrogen and oxygen atoms in total. The maximum absolute atomic E-state index is 12.0. The second-order valence-electron chi connectivity index (χ2n) is 4.69. The molecular formula is C14H16N4OS. The Labute approximate surface area is 121 Å². The summed E-state index contributed by atoms with van der Waals surface area (Å²) in [4.78, 5) is 12.0. The van der Waals surface area contributed by atoms with Gasteiger partial charge in [-0.15, -0.1) is 10.2 Å². The van der Waals surface area contributed by atoms with E-state index in [0.717, 1.165) is 30.3 Å². The summed E-state index contributed by atoms with van der Waals surface area (Å²) in [5.74, 6) is 1.63. The highest BCUT2D eigenvalue weighted by Crippen LogP contribution is 2.25. The largest absolute Gasteiger partial charge is 0.295 e. The maximum atomic E-state index is 12.0. The van der Waals surface area contributed by atoms with Crippen molar-refractivity contribution in [2.45, 2.75) is 31.0 Å². The Bertz CT molecular complexity index is 596. The molecule has 1 aromatic carbocycles. The first-order chi connectivity index (χ1) is 9.83. The molecule has 0 unspecified atom stereocenters. The fourth-order valence-electron chi connectivity index (χ4n) is 2.17. The van der Waals surface area contributed by atoms with E-state index in [1.165, 1.54) is 5.56 Å². The van der Waals surface area contributed by atoms with Crippen molar-refractivity contribution in [3.05, 3.63) is 35.9 Å². The summed E-state index contributed by atoms with van der Waals surface area (Å²) in [5.41, 5.74) is 1.17. The van der Waals surface area contributed by atoms with Gasteiger partial charge < -0.3 is 0 Å². The number of carbonyl (C=O) groups is 1. The molecule has 1 aliphatic rings. The van der Waals surface area contributed by atoms with E-state index < -0.39 is 0 Å². The van der Waals surface area contributed by atoms with Gasteiger partial charge in [0.2, 0.25) is 11.9 Å². The second kappa shape index (κ2) is 6.09. The van der Waals surface area contributed by atoms with Crippen molar-refractivity contribution in [1.82, 2.24) is 14.8 Å². The number of hydrogen-bond donors (Lipinski definition) is 1. The van der Waals surface area contributed by atoms with Gasteiger partial charge in [0, 0.05) is 18.7 Å². The van der Waals surface area contributed by atoms with Gasteiger partial charge in [-0.1, -0.05) is 42.1 Å². The molecule has 0 bridgehead atoms. The van der Waals surface area contributed by atoms with Crippen molar-refractivity contribution < 1.29 is 4.79 Å². The Kier molecular flexibility index (Phi) is 4.01. The molecule has 0 radical (unpaired) electrons. The maximum Gasteiger partial charge on any atom is 0.231 e. The zero-order valence-electron chi connectivity index (χ0n) is 11.1. The highest BCUT2D eigenvalue weighted by atomic mass is 32.2. The van der Waals surface area contributed by atoms with E-state index in [-0.39, 0.29) is 5.91 Å². The SMILES string of the molecule is O=C(CCc1ccccc1)Nc1nnc2n1CCCS2. The van der Waals surface area contributed by atoms with Crippen molar-refractivity contribution in [2.75, 3.05) is 11.1 Å². The lowest BCUT2D eigenvalue weighted by molar-refractivity contribution is -0.116. The van der Waals surface area contributed by atoms with Crippen LogP contribution in [0.4, 0.5) is 5.95 Å². The fraction of sp³-hybridized carbons (Fsp3) is 0.357. The average Bonchev–Trinajstić information content (AvgIpc) is 2.90. The van der Waals surface area contributed by atoms with E-state index in [2.05, 4.69) is 15.5 Å². The zero-order valence-corrected chi connectivity index (χ0v) is 11.9. The third kappa shape index (κ3) is 3.01. The number of thioether (sulfide) groups is 1. The van der Waals surface area contributed by atoms with Crippen molar-refractivity contribution in [2.24, 2.45) is 0 Å². The molecule has 1 aliphatic heterocycles. The summed E-state index contributed by atoms with van der Waals surface area (Å²) >= 11 is 1.68. The molecule has 3 rings (SSSR count). The number of aryl methyl sites for hydroxylation is 1. The molecule has 1 amide bonds. The van der Waals surface area contributed by atoms with Gasteiger partial charge in [0.25, 0.3) is 0 Å². The number of nitrogens with zero attached hydrogens (tertiary/aromatic N) is 3. The van der Waals surface area contributed by atoms with E-state index in [9.17, 15) is 4.79 Å². The Balaban J connectivity index is 1.58. The number of amides is 1. The van der Waals surface area contributed by atoms with Gasteiger partial charge in [-0.2, -0.15) is 0 Å². The lowest BCUT2D eigenvalue weighted by Crippen LogP contribution is -2.18. The van der Waals surface area contributed by atoms with Crippen LogP contribution >= 0.6 is 11.8 Å². The van der Waals surface area contributed by atoms with Crippen molar-refractivity contribution in [3.8, 4) is 0 Å². The number of benzene rings is 1. The number of nitrogens with one attached hydrogen (secondary N) is 1. The van der Waals surface area contributed by atoms with Gasteiger partial charge in [0.05, 0.1) is 0 Å². The quantitative estimate of drug-likeness (QED) is 0.938. The third-order valence-corrected chi connectivity index (χ3v) is 4.26.